The highest BCUT2D eigenvalue weighted by atomic mass is 35.5. The molecule has 0 bridgehead atoms. The van der Waals surface area contributed by atoms with E-state index < -0.39 is 17.8 Å². The lowest BCUT2D eigenvalue weighted by Gasteiger charge is -2.22. The maximum Gasteiger partial charge on any atom is 0.251 e. The second-order valence-corrected chi connectivity index (χ2v) is 8.21. The molecule has 0 radical (unpaired) electrons. The van der Waals surface area contributed by atoms with Crippen LogP contribution in [0.1, 0.15) is 30.0 Å². The third kappa shape index (κ3) is 5.16. The maximum absolute atomic E-state index is 14.6. The Morgan fingerprint density at radius 3 is 2.61 bits per heavy atom. The zero-order chi connectivity index (χ0) is 23.4. The first-order chi connectivity index (χ1) is 16.0. The number of benzene rings is 3. The SMILES string of the molecule is NCc1cccc(NC(C(=O)Nc2ccc(N3CCCC3=O)c(Cl)c2)c2ccccc2F)c1. The summed E-state index contributed by atoms with van der Waals surface area (Å²) in [5, 5.41) is 6.28. The number of halogens is 2. The van der Waals surface area contributed by atoms with Crippen LogP contribution in [0.15, 0.2) is 66.7 Å². The summed E-state index contributed by atoms with van der Waals surface area (Å²) < 4.78 is 14.6. The van der Waals surface area contributed by atoms with Gasteiger partial charge in [0.15, 0.2) is 0 Å². The normalized spacial score (nSPS) is 14.3. The summed E-state index contributed by atoms with van der Waals surface area (Å²) >= 11 is 6.41. The van der Waals surface area contributed by atoms with Gasteiger partial charge in [-0.2, -0.15) is 0 Å². The standard InChI is InChI=1S/C25H24ClFN4O2/c26-20-14-18(10-11-22(20)31-12-4-9-23(31)32)30-25(33)24(19-7-1-2-8-21(19)27)29-17-6-3-5-16(13-17)15-28/h1-3,5-8,10-11,13-14,24,29H,4,9,12,15,28H2,(H,30,33). The number of carbonyl (C=O) groups excluding carboxylic acids is 2. The second-order valence-electron chi connectivity index (χ2n) is 7.81. The molecule has 0 aliphatic carbocycles. The van der Waals surface area contributed by atoms with Gasteiger partial charge in [-0.05, 0) is 48.4 Å². The second kappa shape index (κ2) is 10.0. The highest BCUT2D eigenvalue weighted by Crippen LogP contribution is 2.32. The lowest BCUT2D eigenvalue weighted by atomic mass is 10.0. The largest absolute Gasteiger partial charge is 0.370 e. The van der Waals surface area contributed by atoms with Crippen molar-refractivity contribution in [1.29, 1.82) is 0 Å². The summed E-state index contributed by atoms with van der Waals surface area (Å²) in [5.41, 5.74) is 8.51. The topological polar surface area (TPSA) is 87.5 Å². The van der Waals surface area contributed by atoms with Gasteiger partial charge in [-0.1, -0.05) is 41.9 Å². The van der Waals surface area contributed by atoms with Gasteiger partial charge in [-0.3, -0.25) is 9.59 Å². The fourth-order valence-electron chi connectivity index (χ4n) is 3.87. The van der Waals surface area contributed by atoms with Crippen LogP contribution in [-0.4, -0.2) is 18.4 Å². The van der Waals surface area contributed by atoms with Gasteiger partial charge in [0.2, 0.25) is 5.91 Å². The highest BCUT2D eigenvalue weighted by molar-refractivity contribution is 6.34. The van der Waals surface area contributed by atoms with E-state index in [1.54, 1.807) is 47.4 Å². The third-order valence-corrected chi connectivity index (χ3v) is 5.83. The summed E-state index contributed by atoms with van der Waals surface area (Å²) in [7, 11) is 0. The average molecular weight is 467 g/mol. The van der Waals surface area contributed by atoms with Crippen molar-refractivity contribution in [3.63, 3.8) is 0 Å². The number of rotatable bonds is 7. The molecular formula is C25H24ClFN4O2. The summed E-state index contributed by atoms with van der Waals surface area (Å²) in [4.78, 5) is 26.9. The van der Waals surface area contributed by atoms with E-state index in [0.29, 0.717) is 41.6 Å². The van der Waals surface area contributed by atoms with E-state index in [9.17, 15) is 14.0 Å². The zero-order valence-corrected chi connectivity index (χ0v) is 18.6. The van der Waals surface area contributed by atoms with Gasteiger partial charge in [0.25, 0.3) is 5.91 Å². The Balaban J connectivity index is 1.59. The molecule has 2 amide bonds. The molecule has 1 atom stereocenters. The third-order valence-electron chi connectivity index (χ3n) is 5.53. The van der Waals surface area contributed by atoms with Crippen molar-refractivity contribution in [2.45, 2.75) is 25.4 Å². The van der Waals surface area contributed by atoms with Crippen LogP contribution in [0.25, 0.3) is 0 Å². The van der Waals surface area contributed by atoms with Crippen molar-refractivity contribution in [2.24, 2.45) is 5.73 Å². The molecule has 8 heteroatoms. The number of nitrogens with two attached hydrogens (primary N) is 1. The number of nitrogens with one attached hydrogen (secondary N) is 2. The van der Waals surface area contributed by atoms with Crippen LogP contribution >= 0.6 is 11.6 Å². The van der Waals surface area contributed by atoms with Crippen molar-refractivity contribution >= 4 is 40.5 Å². The van der Waals surface area contributed by atoms with Crippen LogP contribution in [0.4, 0.5) is 21.5 Å². The van der Waals surface area contributed by atoms with Gasteiger partial charge in [0.05, 0.1) is 10.7 Å². The van der Waals surface area contributed by atoms with E-state index in [1.165, 1.54) is 6.07 Å². The van der Waals surface area contributed by atoms with E-state index in [-0.39, 0.29) is 11.5 Å². The highest BCUT2D eigenvalue weighted by Gasteiger charge is 2.26. The van der Waals surface area contributed by atoms with Crippen molar-refractivity contribution in [1.82, 2.24) is 0 Å². The smallest absolute Gasteiger partial charge is 0.251 e. The van der Waals surface area contributed by atoms with Crippen LogP contribution in [-0.2, 0) is 16.1 Å². The molecule has 1 aliphatic rings. The molecule has 3 aromatic carbocycles. The molecule has 4 rings (SSSR count). The van der Waals surface area contributed by atoms with Crippen LogP contribution in [0.3, 0.4) is 0 Å². The molecule has 0 saturated carbocycles. The Morgan fingerprint density at radius 1 is 1.09 bits per heavy atom. The summed E-state index contributed by atoms with van der Waals surface area (Å²) in [6.07, 6.45) is 1.28. The summed E-state index contributed by atoms with van der Waals surface area (Å²) in [5.74, 6) is -0.933. The number of nitrogens with zero attached hydrogens (tertiary/aromatic N) is 1. The van der Waals surface area contributed by atoms with Crippen LogP contribution < -0.4 is 21.3 Å². The molecule has 0 spiro atoms. The minimum absolute atomic E-state index is 0.0252. The predicted molar refractivity (Wildman–Crippen MR) is 129 cm³/mol. The van der Waals surface area contributed by atoms with Gasteiger partial charge >= 0.3 is 0 Å². The van der Waals surface area contributed by atoms with E-state index in [1.807, 2.05) is 18.2 Å². The first kappa shape index (κ1) is 22.8. The molecule has 1 heterocycles. The number of hydrogen-bond acceptors (Lipinski definition) is 4. The fraction of sp³-hybridized carbons (Fsp3) is 0.200. The van der Waals surface area contributed by atoms with Crippen LogP contribution in [0, 0.1) is 5.82 Å². The Morgan fingerprint density at radius 2 is 1.91 bits per heavy atom. The lowest BCUT2D eigenvalue weighted by Crippen LogP contribution is -2.28. The Kier molecular flexibility index (Phi) is 6.91. The van der Waals surface area contributed by atoms with Gasteiger partial charge in [-0.25, -0.2) is 4.39 Å². The van der Waals surface area contributed by atoms with Gasteiger partial charge in [0.1, 0.15) is 11.9 Å². The van der Waals surface area contributed by atoms with Crippen molar-refractivity contribution in [2.75, 3.05) is 22.1 Å². The van der Waals surface area contributed by atoms with Crippen molar-refractivity contribution in [3.05, 3.63) is 88.7 Å². The number of anilines is 3. The van der Waals surface area contributed by atoms with E-state index in [0.717, 1.165) is 12.0 Å². The zero-order valence-electron chi connectivity index (χ0n) is 17.9. The number of amides is 2. The summed E-state index contributed by atoms with van der Waals surface area (Å²) in [6, 6.07) is 17.4. The van der Waals surface area contributed by atoms with E-state index in [2.05, 4.69) is 10.6 Å². The van der Waals surface area contributed by atoms with Gasteiger partial charge < -0.3 is 21.3 Å². The molecule has 170 valence electrons. The molecule has 0 aromatic heterocycles. The Labute approximate surface area is 196 Å². The fourth-order valence-corrected chi connectivity index (χ4v) is 4.15. The molecule has 1 unspecified atom stereocenters. The quantitative estimate of drug-likeness (QED) is 0.464. The minimum Gasteiger partial charge on any atom is -0.370 e. The lowest BCUT2D eigenvalue weighted by molar-refractivity contribution is -0.117. The minimum atomic E-state index is -1.00. The van der Waals surface area contributed by atoms with E-state index >= 15 is 0 Å². The molecule has 1 fully saturated rings. The average Bonchev–Trinajstić information content (AvgIpc) is 3.24. The molecular weight excluding hydrogens is 443 g/mol. The van der Waals surface area contributed by atoms with Crippen LogP contribution in [0.2, 0.25) is 5.02 Å². The Bertz CT molecular complexity index is 1190. The first-order valence-corrected chi connectivity index (χ1v) is 11.0. The van der Waals surface area contributed by atoms with Gasteiger partial charge in [-0.15, -0.1) is 0 Å². The molecule has 4 N–H and O–H groups in total. The predicted octanol–water partition coefficient (Wildman–Crippen LogP) is 4.86. The number of hydrogen-bond donors (Lipinski definition) is 3. The first-order valence-electron chi connectivity index (χ1n) is 10.7. The van der Waals surface area contributed by atoms with Crippen molar-refractivity contribution in [3.8, 4) is 0 Å². The molecule has 33 heavy (non-hydrogen) atoms. The molecule has 3 aromatic rings. The summed E-state index contributed by atoms with van der Waals surface area (Å²) in [6.45, 7) is 0.960. The molecule has 1 saturated heterocycles. The maximum atomic E-state index is 14.6. The van der Waals surface area contributed by atoms with Crippen molar-refractivity contribution < 1.29 is 14.0 Å². The van der Waals surface area contributed by atoms with Gasteiger partial charge in [0, 0.05) is 36.4 Å². The molecule has 6 nitrogen and oxygen atoms in total. The monoisotopic (exact) mass is 466 g/mol. The van der Waals surface area contributed by atoms with Crippen LogP contribution in [0.5, 0.6) is 0 Å². The number of carbonyl (C=O) groups is 2. The Hall–Kier alpha value is -3.42. The molecule has 1 aliphatic heterocycles. The van der Waals surface area contributed by atoms with E-state index in [4.69, 9.17) is 17.3 Å².